The molecule has 208 valence electrons. The van der Waals surface area contributed by atoms with E-state index >= 15 is 0 Å². The number of H-pyrrole nitrogens is 1. The number of aromatic nitrogens is 1. The van der Waals surface area contributed by atoms with Crippen LogP contribution in [0.25, 0.3) is 22.0 Å². The summed E-state index contributed by atoms with van der Waals surface area (Å²) in [6, 6.07) is 19.5. The molecule has 0 fully saturated rings. The highest BCUT2D eigenvalue weighted by molar-refractivity contribution is 6.13. The zero-order chi connectivity index (χ0) is 29.0. The van der Waals surface area contributed by atoms with Crippen molar-refractivity contribution in [2.75, 3.05) is 5.73 Å². The van der Waals surface area contributed by atoms with Crippen LogP contribution in [0.15, 0.2) is 72.9 Å². The van der Waals surface area contributed by atoms with Crippen LogP contribution in [0.5, 0.6) is 0 Å². The second-order valence-electron chi connectivity index (χ2n) is 11.2. The van der Waals surface area contributed by atoms with E-state index in [-0.39, 0.29) is 53.3 Å². The van der Waals surface area contributed by atoms with E-state index in [1.165, 1.54) is 0 Å². The lowest BCUT2D eigenvalue weighted by Gasteiger charge is -2.23. The molecule has 3 aromatic carbocycles. The summed E-state index contributed by atoms with van der Waals surface area (Å²) in [6.45, 7) is 7.22. The van der Waals surface area contributed by atoms with Gasteiger partial charge in [-0.3, -0.25) is 14.4 Å². The number of nitrogens with two attached hydrogens (primary N) is 2. The number of carbonyl (C=O) groups is 3. The summed E-state index contributed by atoms with van der Waals surface area (Å²) >= 11 is 0. The summed E-state index contributed by atoms with van der Waals surface area (Å²) in [7, 11) is 0. The van der Waals surface area contributed by atoms with E-state index in [1.54, 1.807) is 26.0 Å². The maximum absolute atomic E-state index is 14.1. The van der Waals surface area contributed by atoms with E-state index in [9.17, 15) is 14.4 Å². The Morgan fingerprint density at radius 2 is 1.60 bits per heavy atom. The number of hydrogen-bond donors (Lipinski definition) is 5. The monoisotopic (exact) mass is 539 g/mol. The van der Waals surface area contributed by atoms with Gasteiger partial charge in [-0.15, -0.1) is 0 Å². The van der Waals surface area contributed by atoms with Gasteiger partial charge in [0, 0.05) is 47.1 Å². The van der Waals surface area contributed by atoms with E-state index in [4.69, 9.17) is 11.5 Å². The molecule has 0 saturated heterocycles. The minimum atomic E-state index is -0.931. The van der Waals surface area contributed by atoms with Crippen LogP contribution in [0.1, 0.15) is 60.4 Å². The lowest BCUT2D eigenvalue weighted by molar-refractivity contribution is -0.122. The molecule has 7 N–H and O–H groups in total. The normalized spacial score (nSPS) is 12.3. The van der Waals surface area contributed by atoms with Gasteiger partial charge in [0.2, 0.25) is 5.91 Å². The van der Waals surface area contributed by atoms with Gasteiger partial charge >= 0.3 is 0 Å². The molecule has 1 unspecified atom stereocenters. The Bertz CT molecular complexity index is 1530. The molecule has 2 amide bonds. The summed E-state index contributed by atoms with van der Waals surface area (Å²) in [5.74, 6) is -1.10. The second kappa shape index (κ2) is 11.8. The first-order chi connectivity index (χ1) is 18.9. The van der Waals surface area contributed by atoms with Gasteiger partial charge in [-0.25, -0.2) is 0 Å². The SMILES string of the molecule is CC(C)NC(=O)c1c(-c2ccccc2)ccc(C(=O)C(Cc2c[nH]c3ccccc23)NC(=O)CC(C)(C)N)c1N. The largest absolute Gasteiger partial charge is 0.397 e. The number of fused-ring (bicyclic) bond motifs is 1. The van der Waals surface area contributed by atoms with Crippen LogP contribution < -0.4 is 22.1 Å². The van der Waals surface area contributed by atoms with Gasteiger partial charge < -0.3 is 27.1 Å². The van der Waals surface area contributed by atoms with Crippen LogP contribution in [-0.4, -0.2) is 40.2 Å². The topological polar surface area (TPSA) is 143 Å². The highest BCUT2D eigenvalue weighted by Gasteiger charge is 2.29. The van der Waals surface area contributed by atoms with E-state index in [2.05, 4.69) is 15.6 Å². The first-order valence-corrected chi connectivity index (χ1v) is 13.4. The Morgan fingerprint density at radius 3 is 2.27 bits per heavy atom. The van der Waals surface area contributed by atoms with Crippen molar-refractivity contribution in [1.82, 2.24) is 15.6 Å². The Labute approximate surface area is 234 Å². The molecule has 1 heterocycles. The molecule has 4 aromatic rings. The molecule has 0 bridgehead atoms. The number of amides is 2. The molecule has 8 heteroatoms. The number of rotatable bonds is 10. The maximum Gasteiger partial charge on any atom is 0.254 e. The Morgan fingerprint density at radius 1 is 0.925 bits per heavy atom. The summed E-state index contributed by atoms with van der Waals surface area (Å²) in [5.41, 5.74) is 15.6. The van der Waals surface area contributed by atoms with Crippen LogP contribution in [-0.2, 0) is 11.2 Å². The van der Waals surface area contributed by atoms with Gasteiger partial charge in [-0.2, -0.15) is 0 Å². The fourth-order valence-electron chi connectivity index (χ4n) is 4.85. The van der Waals surface area contributed by atoms with Gasteiger partial charge in [0.05, 0.1) is 17.3 Å². The Balaban J connectivity index is 1.78. The van der Waals surface area contributed by atoms with Crippen molar-refractivity contribution in [3.05, 3.63) is 89.6 Å². The number of ketones is 1. The number of anilines is 1. The third-order valence-corrected chi connectivity index (χ3v) is 6.61. The second-order valence-corrected chi connectivity index (χ2v) is 11.2. The van der Waals surface area contributed by atoms with Crippen molar-refractivity contribution < 1.29 is 14.4 Å². The minimum Gasteiger partial charge on any atom is -0.397 e. The number of aromatic amines is 1. The molecule has 0 aliphatic heterocycles. The molecule has 0 aliphatic carbocycles. The number of nitrogen functional groups attached to an aromatic ring is 1. The molecule has 8 nitrogen and oxygen atoms in total. The zero-order valence-electron chi connectivity index (χ0n) is 23.4. The molecular weight excluding hydrogens is 502 g/mol. The van der Waals surface area contributed by atoms with Crippen LogP contribution in [0, 0.1) is 0 Å². The molecule has 0 aliphatic rings. The smallest absolute Gasteiger partial charge is 0.254 e. The van der Waals surface area contributed by atoms with Crippen molar-refractivity contribution in [2.24, 2.45) is 5.73 Å². The van der Waals surface area contributed by atoms with Gasteiger partial charge in [0.1, 0.15) is 0 Å². The van der Waals surface area contributed by atoms with Gasteiger partial charge in [-0.1, -0.05) is 54.6 Å². The van der Waals surface area contributed by atoms with Crippen molar-refractivity contribution in [3.63, 3.8) is 0 Å². The zero-order valence-corrected chi connectivity index (χ0v) is 23.4. The van der Waals surface area contributed by atoms with Crippen molar-refractivity contribution in [1.29, 1.82) is 0 Å². The number of benzene rings is 3. The molecular formula is C32H37N5O3. The highest BCUT2D eigenvalue weighted by atomic mass is 16.2. The number of Topliss-reactive ketones (excluding diaryl/α,β-unsaturated/α-hetero) is 1. The average molecular weight is 540 g/mol. The summed E-state index contributed by atoms with van der Waals surface area (Å²) in [6.07, 6.45) is 2.11. The molecule has 4 rings (SSSR count). The number of para-hydroxylation sites is 1. The lowest BCUT2D eigenvalue weighted by atomic mass is 9.90. The fraction of sp³-hybridized carbons (Fsp3) is 0.281. The van der Waals surface area contributed by atoms with E-state index in [0.29, 0.717) is 5.56 Å². The molecule has 0 spiro atoms. The highest BCUT2D eigenvalue weighted by Crippen LogP contribution is 2.32. The molecule has 0 saturated carbocycles. The van der Waals surface area contributed by atoms with E-state index in [0.717, 1.165) is 22.0 Å². The standard InChI is InChI=1S/C32H37N5O3/c1-19(2)36-31(40)28-23(20-10-6-5-7-11-20)14-15-24(29(28)33)30(39)26(37-27(38)17-32(3,4)34)16-21-18-35-25-13-9-8-12-22(21)25/h5-15,18-19,26,35H,16-17,33-34H2,1-4H3,(H,36,40)(H,37,38). The van der Waals surface area contributed by atoms with Crippen LogP contribution in [0.3, 0.4) is 0 Å². The predicted octanol–water partition coefficient (Wildman–Crippen LogP) is 4.59. The van der Waals surface area contributed by atoms with Crippen molar-refractivity contribution >= 4 is 34.2 Å². The molecule has 1 aromatic heterocycles. The van der Waals surface area contributed by atoms with Crippen molar-refractivity contribution in [2.45, 2.75) is 58.2 Å². The summed E-state index contributed by atoms with van der Waals surface area (Å²) in [5, 5.41) is 6.75. The quantitative estimate of drug-likeness (QED) is 0.148. The Kier molecular flexibility index (Phi) is 8.40. The number of carbonyl (C=O) groups excluding carboxylic acids is 3. The lowest BCUT2D eigenvalue weighted by Crippen LogP contribution is -2.46. The van der Waals surface area contributed by atoms with Gasteiger partial charge in [-0.05, 0) is 56.5 Å². The van der Waals surface area contributed by atoms with Gasteiger partial charge in [0.15, 0.2) is 5.78 Å². The minimum absolute atomic E-state index is 0.0368. The molecule has 0 radical (unpaired) electrons. The summed E-state index contributed by atoms with van der Waals surface area (Å²) in [4.78, 5) is 43.7. The van der Waals surface area contributed by atoms with Gasteiger partial charge in [0.25, 0.3) is 5.91 Å². The first kappa shape index (κ1) is 28.6. The number of hydrogen-bond acceptors (Lipinski definition) is 5. The fourth-order valence-corrected chi connectivity index (χ4v) is 4.85. The Hall–Kier alpha value is -4.43. The molecule has 40 heavy (non-hydrogen) atoms. The van der Waals surface area contributed by atoms with Crippen molar-refractivity contribution in [3.8, 4) is 11.1 Å². The average Bonchev–Trinajstić information content (AvgIpc) is 3.29. The van der Waals surface area contributed by atoms with E-state index < -0.39 is 11.6 Å². The summed E-state index contributed by atoms with van der Waals surface area (Å²) < 4.78 is 0. The maximum atomic E-state index is 14.1. The van der Waals surface area contributed by atoms with Crippen LogP contribution >= 0.6 is 0 Å². The van der Waals surface area contributed by atoms with Crippen LogP contribution in [0.4, 0.5) is 5.69 Å². The van der Waals surface area contributed by atoms with E-state index in [1.807, 2.05) is 74.6 Å². The number of nitrogens with one attached hydrogen (secondary N) is 3. The van der Waals surface area contributed by atoms with Crippen LogP contribution in [0.2, 0.25) is 0 Å². The third-order valence-electron chi connectivity index (χ3n) is 6.61. The molecule has 1 atom stereocenters. The predicted molar refractivity (Wildman–Crippen MR) is 160 cm³/mol. The first-order valence-electron chi connectivity index (χ1n) is 13.4. The third kappa shape index (κ3) is 6.58.